The third kappa shape index (κ3) is 7.11. The minimum atomic E-state index is 0.574. The second kappa shape index (κ2) is 7.33. The molecule has 0 bridgehead atoms. The van der Waals surface area contributed by atoms with Crippen LogP contribution in [0.15, 0.2) is 36.5 Å². The molecule has 62 valence electrons. The molecule has 0 rings (SSSR count). The Labute approximate surface area is 70.3 Å². The fraction of sp³-hybridized carbons (Fsp3) is 0.455. The van der Waals surface area contributed by atoms with E-state index < -0.39 is 0 Å². The van der Waals surface area contributed by atoms with E-state index in [0.717, 1.165) is 6.42 Å². The van der Waals surface area contributed by atoms with Crippen molar-refractivity contribution < 1.29 is 0 Å². The summed E-state index contributed by atoms with van der Waals surface area (Å²) in [6.45, 7) is 6.28. The molecule has 0 radical (unpaired) electrons. The van der Waals surface area contributed by atoms with Crippen LogP contribution < -0.4 is 0 Å². The van der Waals surface area contributed by atoms with Gasteiger partial charge in [-0.05, 0) is 26.2 Å². The highest BCUT2D eigenvalue weighted by molar-refractivity contribution is 5.00. The molecule has 0 aromatic rings. The van der Waals surface area contributed by atoms with Crippen molar-refractivity contribution in [1.82, 2.24) is 0 Å². The molecule has 0 N–H and O–H groups in total. The molecule has 0 aliphatic carbocycles. The van der Waals surface area contributed by atoms with E-state index in [1.165, 1.54) is 0 Å². The van der Waals surface area contributed by atoms with Crippen molar-refractivity contribution in [3.8, 4) is 0 Å². The van der Waals surface area contributed by atoms with E-state index in [-0.39, 0.29) is 0 Å². The minimum Gasteiger partial charge on any atom is -0.0914 e. The van der Waals surface area contributed by atoms with Gasteiger partial charge in [0.1, 0.15) is 0 Å². The molecule has 0 aromatic carbocycles. The highest BCUT2D eigenvalue weighted by atomic mass is 13.9. The number of hydrogen-bond donors (Lipinski definition) is 0. The zero-order valence-electron chi connectivity index (χ0n) is 7.75. The smallest absolute Gasteiger partial charge is 0.00819 e. The Balaban J connectivity index is 3.56. The van der Waals surface area contributed by atoms with Gasteiger partial charge in [0.05, 0.1) is 0 Å². The van der Waals surface area contributed by atoms with Gasteiger partial charge >= 0.3 is 0 Å². The molecule has 11 heavy (non-hydrogen) atoms. The van der Waals surface area contributed by atoms with E-state index >= 15 is 0 Å². The van der Waals surface area contributed by atoms with Gasteiger partial charge in [-0.25, -0.2) is 0 Å². The van der Waals surface area contributed by atoms with Gasteiger partial charge in [-0.2, -0.15) is 0 Å². The number of hydrogen-bond acceptors (Lipinski definition) is 0. The Morgan fingerprint density at radius 2 is 1.73 bits per heavy atom. The first kappa shape index (κ1) is 10.2. The summed E-state index contributed by atoms with van der Waals surface area (Å²) in [5, 5.41) is 0. The Bertz CT molecular complexity index is 149. The zero-order valence-corrected chi connectivity index (χ0v) is 7.75. The lowest BCUT2D eigenvalue weighted by Gasteiger charge is -1.94. The van der Waals surface area contributed by atoms with Crippen LogP contribution in [-0.2, 0) is 0 Å². The molecule has 0 aliphatic heterocycles. The van der Waals surface area contributed by atoms with Gasteiger partial charge in [0.2, 0.25) is 0 Å². The normalized spacial score (nSPS) is 15.5. The van der Waals surface area contributed by atoms with Crippen LogP contribution in [0.2, 0.25) is 0 Å². The summed E-state index contributed by atoms with van der Waals surface area (Å²) in [7, 11) is 0. The van der Waals surface area contributed by atoms with Crippen molar-refractivity contribution in [2.24, 2.45) is 5.92 Å². The molecular weight excluding hydrogens is 132 g/mol. The summed E-state index contributed by atoms with van der Waals surface area (Å²) in [5.41, 5.74) is 0. The SMILES string of the molecule is CC=CCC=CC(C)C=CC. The minimum absolute atomic E-state index is 0.574. The van der Waals surface area contributed by atoms with Gasteiger partial charge in [0.15, 0.2) is 0 Å². The molecule has 0 saturated carbocycles. The first-order valence-corrected chi connectivity index (χ1v) is 4.22. The van der Waals surface area contributed by atoms with Gasteiger partial charge in [-0.1, -0.05) is 43.4 Å². The van der Waals surface area contributed by atoms with Crippen molar-refractivity contribution in [3.63, 3.8) is 0 Å². The van der Waals surface area contributed by atoms with Crippen LogP contribution >= 0.6 is 0 Å². The topological polar surface area (TPSA) is 0 Å². The van der Waals surface area contributed by atoms with E-state index in [2.05, 4.69) is 50.3 Å². The monoisotopic (exact) mass is 150 g/mol. The fourth-order valence-electron chi connectivity index (χ4n) is 0.876. The molecule has 0 amide bonds. The molecule has 0 heteroatoms. The Morgan fingerprint density at radius 1 is 1.00 bits per heavy atom. The van der Waals surface area contributed by atoms with Crippen molar-refractivity contribution >= 4 is 0 Å². The molecule has 0 fully saturated rings. The van der Waals surface area contributed by atoms with Crippen LogP contribution in [-0.4, -0.2) is 0 Å². The van der Waals surface area contributed by atoms with E-state index in [1.807, 2.05) is 6.92 Å². The van der Waals surface area contributed by atoms with Crippen LogP contribution in [0.4, 0.5) is 0 Å². The predicted molar refractivity (Wildman–Crippen MR) is 52.5 cm³/mol. The summed E-state index contributed by atoms with van der Waals surface area (Å²) in [6.07, 6.45) is 14.0. The molecule has 1 unspecified atom stereocenters. The first-order valence-electron chi connectivity index (χ1n) is 4.22. The largest absolute Gasteiger partial charge is 0.0914 e. The molecule has 1 atom stereocenters. The van der Waals surface area contributed by atoms with Crippen molar-refractivity contribution in [2.75, 3.05) is 0 Å². The van der Waals surface area contributed by atoms with Crippen LogP contribution in [0.3, 0.4) is 0 Å². The fourth-order valence-corrected chi connectivity index (χ4v) is 0.876. The Hall–Kier alpha value is -0.780. The Morgan fingerprint density at radius 3 is 2.27 bits per heavy atom. The molecule has 0 nitrogen and oxygen atoms in total. The highest BCUT2D eigenvalue weighted by Gasteiger charge is 1.84. The maximum atomic E-state index is 2.22. The molecule has 0 saturated heterocycles. The average molecular weight is 150 g/mol. The van der Waals surface area contributed by atoms with Crippen molar-refractivity contribution in [3.05, 3.63) is 36.5 Å². The highest BCUT2D eigenvalue weighted by Crippen LogP contribution is 2.00. The van der Waals surface area contributed by atoms with Crippen LogP contribution in [0.1, 0.15) is 27.2 Å². The lowest BCUT2D eigenvalue weighted by molar-refractivity contribution is 0.931. The van der Waals surface area contributed by atoms with Gasteiger partial charge in [-0.15, -0.1) is 0 Å². The van der Waals surface area contributed by atoms with Crippen LogP contribution in [0.25, 0.3) is 0 Å². The second-order valence-electron chi connectivity index (χ2n) is 2.62. The lowest BCUT2D eigenvalue weighted by Crippen LogP contribution is -1.79. The summed E-state index contributed by atoms with van der Waals surface area (Å²) in [6, 6.07) is 0. The molecular formula is C11H18. The molecule has 0 spiro atoms. The molecule has 0 aliphatic rings. The molecule has 0 aromatic heterocycles. The Kier molecular flexibility index (Phi) is 6.81. The van der Waals surface area contributed by atoms with Gasteiger partial charge in [-0.3, -0.25) is 0 Å². The predicted octanol–water partition coefficient (Wildman–Crippen LogP) is 3.72. The van der Waals surface area contributed by atoms with Crippen LogP contribution in [0, 0.1) is 5.92 Å². The van der Waals surface area contributed by atoms with Crippen molar-refractivity contribution in [2.45, 2.75) is 27.2 Å². The van der Waals surface area contributed by atoms with Gasteiger partial charge in [0, 0.05) is 0 Å². The lowest BCUT2D eigenvalue weighted by atomic mass is 10.1. The van der Waals surface area contributed by atoms with Gasteiger partial charge in [0.25, 0.3) is 0 Å². The van der Waals surface area contributed by atoms with E-state index in [4.69, 9.17) is 0 Å². The maximum Gasteiger partial charge on any atom is -0.00819 e. The summed E-state index contributed by atoms with van der Waals surface area (Å²) >= 11 is 0. The van der Waals surface area contributed by atoms with Gasteiger partial charge < -0.3 is 0 Å². The third-order valence-electron chi connectivity index (χ3n) is 1.44. The quantitative estimate of drug-likeness (QED) is 0.536. The van der Waals surface area contributed by atoms with E-state index in [1.54, 1.807) is 0 Å². The maximum absolute atomic E-state index is 2.22. The van der Waals surface area contributed by atoms with E-state index in [0.29, 0.717) is 5.92 Å². The third-order valence-corrected chi connectivity index (χ3v) is 1.44. The summed E-state index contributed by atoms with van der Waals surface area (Å²) < 4.78 is 0. The van der Waals surface area contributed by atoms with E-state index in [9.17, 15) is 0 Å². The summed E-state index contributed by atoms with van der Waals surface area (Å²) in [4.78, 5) is 0. The zero-order chi connectivity index (χ0) is 8.53. The summed E-state index contributed by atoms with van der Waals surface area (Å²) in [5.74, 6) is 0.574. The van der Waals surface area contributed by atoms with Crippen LogP contribution in [0.5, 0.6) is 0 Å². The van der Waals surface area contributed by atoms with Crippen molar-refractivity contribution in [1.29, 1.82) is 0 Å². The molecule has 0 heterocycles. The first-order chi connectivity index (χ1) is 5.31. The number of rotatable bonds is 4. The second-order valence-corrected chi connectivity index (χ2v) is 2.62. The average Bonchev–Trinajstić information content (AvgIpc) is 1.99. The number of allylic oxidation sites excluding steroid dienone is 6. The standard InChI is InChI=1S/C11H18/c1-4-6-7-8-10-11(3)9-5-2/h4-6,8-11H,7H2,1-3H3.